The first-order valence-electron chi connectivity index (χ1n) is 8.07. The number of carbonyl (C=O) groups excluding carboxylic acids is 1. The molecule has 1 saturated carbocycles. The molecule has 2 N–H and O–H groups in total. The Morgan fingerprint density at radius 3 is 2.68 bits per heavy atom. The highest BCUT2D eigenvalue weighted by atomic mass is 32.1. The minimum Gasteiger partial charge on any atom is -0.481 e. The van der Waals surface area contributed by atoms with Crippen molar-refractivity contribution in [2.24, 2.45) is 17.8 Å². The Bertz CT molecular complexity index is 584. The molecule has 0 bridgehead atoms. The summed E-state index contributed by atoms with van der Waals surface area (Å²) in [6.45, 7) is 2.24. The number of carboxylic acids is 1. The van der Waals surface area contributed by atoms with E-state index in [9.17, 15) is 14.7 Å². The van der Waals surface area contributed by atoms with Crippen LogP contribution in [0.25, 0.3) is 0 Å². The number of carbonyl (C=O) groups is 2. The first-order chi connectivity index (χ1) is 10.5. The van der Waals surface area contributed by atoms with E-state index >= 15 is 0 Å². The zero-order chi connectivity index (χ0) is 15.7. The van der Waals surface area contributed by atoms with Crippen molar-refractivity contribution in [3.05, 3.63) is 10.6 Å². The maximum Gasteiger partial charge on any atom is 0.307 e. The van der Waals surface area contributed by atoms with Crippen molar-refractivity contribution in [1.29, 1.82) is 0 Å². The van der Waals surface area contributed by atoms with E-state index in [4.69, 9.17) is 0 Å². The summed E-state index contributed by atoms with van der Waals surface area (Å²) in [5.41, 5.74) is 1.11. The largest absolute Gasteiger partial charge is 0.481 e. The monoisotopic (exact) mass is 322 g/mol. The number of carboxylic acid groups (broad SMARTS) is 1. The number of rotatable bonds is 3. The highest BCUT2D eigenvalue weighted by Gasteiger charge is 2.36. The lowest BCUT2D eigenvalue weighted by Crippen LogP contribution is -2.36. The quantitative estimate of drug-likeness (QED) is 0.896. The van der Waals surface area contributed by atoms with Gasteiger partial charge in [-0.25, -0.2) is 4.98 Å². The van der Waals surface area contributed by atoms with Gasteiger partial charge in [0, 0.05) is 4.88 Å². The summed E-state index contributed by atoms with van der Waals surface area (Å²) in [6, 6.07) is 0. The molecule has 3 atom stereocenters. The lowest BCUT2D eigenvalue weighted by atomic mass is 9.79. The fourth-order valence-corrected chi connectivity index (χ4v) is 4.71. The van der Waals surface area contributed by atoms with Gasteiger partial charge in [-0.1, -0.05) is 19.8 Å². The van der Waals surface area contributed by atoms with Crippen LogP contribution in [-0.4, -0.2) is 22.0 Å². The minimum atomic E-state index is -0.855. The normalized spacial score (nSPS) is 28.0. The van der Waals surface area contributed by atoms with Crippen LogP contribution in [0.2, 0.25) is 0 Å². The van der Waals surface area contributed by atoms with Gasteiger partial charge in [0.25, 0.3) is 0 Å². The topological polar surface area (TPSA) is 79.3 Å². The summed E-state index contributed by atoms with van der Waals surface area (Å²) in [5, 5.41) is 12.8. The molecule has 0 radical (unpaired) electrons. The fraction of sp³-hybridized carbons (Fsp3) is 0.688. The second kappa shape index (κ2) is 6.36. The number of amides is 1. The molecule has 5 nitrogen and oxygen atoms in total. The maximum absolute atomic E-state index is 12.5. The number of hydrogen-bond acceptors (Lipinski definition) is 4. The Kier molecular flexibility index (Phi) is 4.47. The van der Waals surface area contributed by atoms with E-state index in [1.165, 1.54) is 4.88 Å². The van der Waals surface area contributed by atoms with Gasteiger partial charge in [-0.05, 0) is 38.0 Å². The van der Waals surface area contributed by atoms with Crippen molar-refractivity contribution in [2.75, 3.05) is 5.32 Å². The molecule has 1 aromatic rings. The molecule has 1 amide bonds. The molecule has 0 aliphatic heterocycles. The van der Waals surface area contributed by atoms with E-state index in [0.29, 0.717) is 23.9 Å². The Morgan fingerprint density at radius 2 is 1.95 bits per heavy atom. The number of nitrogens with zero attached hydrogens (tertiary/aromatic N) is 1. The SMILES string of the molecule is C[C@@H]1CCc2nc(NC(=O)[C@H]3CCCC[C@@H]3C(=O)O)sc2C1. The van der Waals surface area contributed by atoms with E-state index in [2.05, 4.69) is 17.2 Å². The summed E-state index contributed by atoms with van der Waals surface area (Å²) in [7, 11) is 0. The van der Waals surface area contributed by atoms with Crippen LogP contribution < -0.4 is 5.32 Å². The van der Waals surface area contributed by atoms with Crippen molar-refractivity contribution in [2.45, 2.75) is 51.9 Å². The van der Waals surface area contributed by atoms with Crippen molar-refractivity contribution < 1.29 is 14.7 Å². The zero-order valence-electron chi connectivity index (χ0n) is 12.8. The van der Waals surface area contributed by atoms with E-state index in [0.717, 1.165) is 37.8 Å². The third kappa shape index (κ3) is 3.16. The molecule has 1 fully saturated rings. The number of thiazole rings is 1. The second-order valence-corrected chi connectivity index (χ2v) is 7.65. The lowest BCUT2D eigenvalue weighted by molar-refractivity contribution is -0.147. The van der Waals surface area contributed by atoms with Gasteiger partial charge in [0.15, 0.2) is 5.13 Å². The first kappa shape index (κ1) is 15.5. The molecule has 22 heavy (non-hydrogen) atoms. The van der Waals surface area contributed by atoms with Crippen LogP contribution in [0.3, 0.4) is 0 Å². The van der Waals surface area contributed by atoms with E-state index in [1.54, 1.807) is 11.3 Å². The van der Waals surface area contributed by atoms with E-state index in [1.807, 2.05) is 0 Å². The van der Waals surface area contributed by atoms with Gasteiger partial charge in [0.1, 0.15) is 0 Å². The number of aliphatic carboxylic acids is 1. The number of aromatic nitrogens is 1. The van der Waals surface area contributed by atoms with Gasteiger partial charge >= 0.3 is 5.97 Å². The summed E-state index contributed by atoms with van der Waals surface area (Å²) >= 11 is 1.55. The van der Waals surface area contributed by atoms with Crippen LogP contribution in [0, 0.1) is 17.8 Å². The summed E-state index contributed by atoms with van der Waals surface area (Å²) in [5.74, 6) is -1.33. The number of fused-ring (bicyclic) bond motifs is 1. The lowest BCUT2D eigenvalue weighted by Gasteiger charge is -2.26. The van der Waals surface area contributed by atoms with Gasteiger partial charge in [0.05, 0.1) is 17.5 Å². The van der Waals surface area contributed by atoms with Crippen molar-refractivity contribution in [3.8, 4) is 0 Å². The van der Waals surface area contributed by atoms with Crippen LogP contribution >= 0.6 is 11.3 Å². The molecule has 2 aliphatic carbocycles. The zero-order valence-corrected chi connectivity index (χ0v) is 13.6. The summed E-state index contributed by atoms with van der Waals surface area (Å²) in [6.07, 6.45) is 6.23. The third-order valence-corrected chi connectivity index (χ3v) is 5.87. The van der Waals surface area contributed by atoms with Crippen LogP contribution in [-0.2, 0) is 22.4 Å². The standard InChI is InChI=1S/C16H22N2O3S/c1-9-6-7-12-13(8-9)22-16(17-12)18-14(19)10-4-2-3-5-11(10)15(20)21/h9-11H,2-8H2,1H3,(H,20,21)(H,17,18,19)/t9-,10+,11+/m1/s1. The second-order valence-electron chi connectivity index (χ2n) is 6.56. The molecule has 3 rings (SSSR count). The predicted octanol–water partition coefficient (Wildman–Crippen LogP) is 3.10. The number of anilines is 1. The molecule has 6 heteroatoms. The third-order valence-electron chi connectivity index (χ3n) is 4.84. The van der Waals surface area contributed by atoms with Crippen molar-refractivity contribution in [1.82, 2.24) is 4.98 Å². The molecule has 0 aromatic carbocycles. The van der Waals surface area contributed by atoms with Gasteiger partial charge in [0.2, 0.25) is 5.91 Å². The Hall–Kier alpha value is -1.43. The average Bonchev–Trinajstić information content (AvgIpc) is 2.88. The highest BCUT2D eigenvalue weighted by Crippen LogP contribution is 2.34. The van der Waals surface area contributed by atoms with E-state index in [-0.39, 0.29) is 5.91 Å². The number of hydrogen-bond donors (Lipinski definition) is 2. The fourth-order valence-electron chi connectivity index (χ4n) is 3.53. The minimum absolute atomic E-state index is 0.175. The van der Waals surface area contributed by atoms with Gasteiger partial charge < -0.3 is 10.4 Å². The molecule has 1 heterocycles. The van der Waals surface area contributed by atoms with Crippen molar-refractivity contribution in [3.63, 3.8) is 0 Å². The Labute approximate surface area is 134 Å². The van der Waals surface area contributed by atoms with Crippen molar-refractivity contribution >= 4 is 28.3 Å². The summed E-state index contributed by atoms with van der Waals surface area (Å²) < 4.78 is 0. The number of aryl methyl sites for hydroxylation is 1. The first-order valence-corrected chi connectivity index (χ1v) is 8.88. The van der Waals surface area contributed by atoms with Crippen LogP contribution in [0.1, 0.15) is 49.6 Å². The smallest absolute Gasteiger partial charge is 0.307 e. The predicted molar refractivity (Wildman–Crippen MR) is 85.0 cm³/mol. The van der Waals surface area contributed by atoms with Gasteiger partial charge in [-0.3, -0.25) is 9.59 Å². The molecular weight excluding hydrogens is 300 g/mol. The molecule has 2 aliphatic rings. The Morgan fingerprint density at radius 1 is 1.23 bits per heavy atom. The van der Waals surface area contributed by atoms with Crippen LogP contribution in [0.4, 0.5) is 5.13 Å². The molecule has 1 aromatic heterocycles. The molecular formula is C16H22N2O3S. The van der Waals surface area contributed by atoms with Crippen LogP contribution in [0.15, 0.2) is 0 Å². The molecule has 0 saturated heterocycles. The molecule has 120 valence electrons. The Balaban J connectivity index is 1.70. The number of nitrogens with one attached hydrogen (secondary N) is 1. The van der Waals surface area contributed by atoms with Gasteiger partial charge in [-0.2, -0.15) is 0 Å². The maximum atomic E-state index is 12.5. The molecule has 0 spiro atoms. The molecule has 0 unspecified atom stereocenters. The highest BCUT2D eigenvalue weighted by molar-refractivity contribution is 7.15. The van der Waals surface area contributed by atoms with E-state index < -0.39 is 17.8 Å². The average molecular weight is 322 g/mol. The van der Waals surface area contributed by atoms with Gasteiger partial charge in [-0.15, -0.1) is 11.3 Å². The van der Waals surface area contributed by atoms with Crippen LogP contribution in [0.5, 0.6) is 0 Å². The summed E-state index contributed by atoms with van der Waals surface area (Å²) in [4.78, 5) is 29.6.